The number of para-hydroxylation sites is 1. The molecule has 128 valence electrons. The first-order valence-electron chi connectivity index (χ1n) is 7.66. The van der Waals surface area contributed by atoms with Crippen LogP contribution in [0, 0.1) is 0 Å². The Morgan fingerprint density at radius 3 is 2.62 bits per heavy atom. The molecule has 0 saturated heterocycles. The van der Waals surface area contributed by atoms with E-state index in [-0.39, 0.29) is 12.5 Å². The number of nitrogens with zero attached hydrogens (tertiary/aromatic N) is 1. The lowest BCUT2D eigenvalue weighted by atomic mass is 10.2. The zero-order valence-electron chi connectivity index (χ0n) is 13.4. The molecule has 0 spiro atoms. The van der Waals surface area contributed by atoms with E-state index in [4.69, 9.17) is 5.73 Å². The molecule has 1 aromatic carbocycles. The molecule has 2 aromatic rings. The minimum Gasteiger partial charge on any atom is -0.391 e. The van der Waals surface area contributed by atoms with Gasteiger partial charge in [-0.2, -0.15) is 0 Å². The van der Waals surface area contributed by atoms with Gasteiger partial charge in [-0.05, 0) is 30.0 Å². The summed E-state index contributed by atoms with van der Waals surface area (Å²) >= 11 is 1.25. The number of nitrogens with two attached hydrogens (primary N) is 1. The molecule has 24 heavy (non-hydrogen) atoms. The lowest BCUT2D eigenvalue weighted by Crippen LogP contribution is -2.38. The van der Waals surface area contributed by atoms with Gasteiger partial charge in [0.05, 0.1) is 18.2 Å². The van der Waals surface area contributed by atoms with E-state index in [9.17, 15) is 14.7 Å². The Morgan fingerprint density at radius 1 is 1.29 bits per heavy atom. The van der Waals surface area contributed by atoms with Crippen molar-refractivity contribution in [1.82, 2.24) is 0 Å². The third-order valence-corrected chi connectivity index (χ3v) is 4.37. The lowest BCUT2D eigenvalue weighted by molar-refractivity contribution is -0.115. The summed E-state index contributed by atoms with van der Waals surface area (Å²) in [4.78, 5) is 25.5. The highest BCUT2D eigenvalue weighted by Crippen LogP contribution is 2.23. The van der Waals surface area contributed by atoms with Gasteiger partial charge in [0.15, 0.2) is 0 Å². The molecule has 0 fully saturated rings. The van der Waals surface area contributed by atoms with Crippen molar-refractivity contribution in [2.75, 3.05) is 23.3 Å². The van der Waals surface area contributed by atoms with Crippen LogP contribution in [0.2, 0.25) is 0 Å². The fourth-order valence-electron chi connectivity index (χ4n) is 2.22. The fraction of sp³-hybridized carbons (Fsp3) is 0.294. The first kappa shape index (κ1) is 18.0. The second kappa shape index (κ2) is 8.47. The number of anilines is 2. The van der Waals surface area contributed by atoms with Crippen LogP contribution < -0.4 is 16.0 Å². The van der Waals surface area contributed by atoms with Crippen molar-refractivity contribution in [3.8, 4) is 0 Å². The predicted octanol–water partition coefficient (Wildman–Crippen LogP) is 2.06. The lowest BCUT2D eigenvalue weighted by Gasteiger charge is -2.26. The molecule has 2 rings (SSSR count). The van der Waals surface area contributed by atoms with E-state index in [0.717, 1.165) is 5.69 Å². The molecule has 7 heteroatoms. The van der Waals surface area contributed by atoms with E-state index in [1.807, 2.05) is 37.3 Å². The van der Waals surface area contributed by atoms with Gasteiger partial charge < -0.3 is 21.1 Å². The predicted molar refractivity (Wildman–Crippen MR) is 96.4 cm³/mol. The van der Waals surface area contributed by atoms with Gasteiger partial charge in [-0.15, -0.1) is 11.3 Å². The second-order valence-corrected chi connectivity index (χ2v) is 6.27. The Balaban J connectivity index is 2.09. The van der Waals surface area contributed by atoms with Gasteiger partial charge in [0.1, 0.15) is 5.00 Å². The third kappa shape index (κ3) is 4.81. The van der Waals surface area contributed by atoms with Crippen LogP contribution in [0.3, 0.4) is 0 Å². The van der Waals surface area contributed by atoms with Crippen molar-refractivity contribution in [3.05, 3.63) is 47.3 Å². The second-order valence-electron chi connectivity index (χ2n) is 5.35. The van der Waals surface area contributed by atoms with E-state index in [2.05, 4.69) is 5.32 Å². The summed E-state index contributed by atoms with van der Waals surface area (Å²) in [7, 11) is 0. The van der Waals surface area contributed by atoms with Crippen LogP contribution in [0.5, 0.6) is 0 Å². The Hall–Kier alpha value is -2.38. The van der Waals surface area contributed by atoms with Crippen molar-refractivity contribution in [2.24, 2.45) is 5.73 Å². The number of thiophene rings is 1. The monoisotopic (exact) mass is 347 g/mol. The van der Waals surface area contributed by atoms with E-state index < -0.39 is 12.0 Å². The van der Waals surface area contributed by atoms with Gasteiger partial charge in [-0.3, -0.25) is 9.59 Å². The van der Waals surface area contributed by atoms with Crippen LogP contribution in [0.1, 0.15) is 23.7 Å². The number of rotatable bonds is 8. The van der Waals surface area contributed by atoms with Crippen LogP contribution in [0.25, 0.3) is 0 Å². The molecule has 0 aliphatic heterocycles. The smallest absolute Gasteiger partial charge is 0.251 e. The average Bonchev–Trinajstić information content (AvgIpc) is 3.03. The van der Waals surface area contributed by atoms with Gasteiger partial charge in [0.25, 0.3) is 5.91 Å². The topological polar surface area (TPSA) is 95.7 Å². The van der Waals surface area contributed by atoms with Crippen LogP contribution in [-0.4, -0.2) is 36.1 Å². The molecule has 0 bridgehead atoms. The average molecular weight is 347 g/mol. The molecular formula is C17H21N3O3S. The minimum atomic E-state index is -0.576. The number of primary amides is 1. The van der Waals surface area contributed by atoms with Crippen molar-refractivity contribution < 1.29 is 14.7 Å². The molecule has 0 aliphatic rings. The Kier molecular flexibility index (Phi) is 6.34. The number of hydrogen-bond donors (Lipinski definition) is 3. The van der Waals surface area contributed by atoms with Crippen LogP contribution in [0.4, 0.5) is 10.7 Å². The molecule has 1 atom stereocenters. The number of aliphatic hydroxyl groups is 1. The van der Waals surface area contributed by atoms with E-state index >= 15 is 0 Å². The SMILES string of the molecule is CC[C@@H](O)CN(CC(=O)Nc1sccc1C(N)=O)c1ccccc1. The molecule has 2 amide bonds. The number of benzene rings is 1. The molecule has 0 aliphatic carbocycles. The van der Waals surface area contributed by atoms with Crippen LogP contribution in [-0.2, 0) is 4.79 Å². The van der Waals surface area contributed by atoms with Gasteiger partial charge >= 0.3 is 0 Å². The quantitative estimate of drug-likeness (QED) is 0.681. The Morgan fingerprint density at radius 2 is 2.00 bits per heavy atom. The standard InChI is InChI=1S/C17H21N3O3S/c1-2-13(21)10-20(12-6-4-3-5-7-12)11-15(22)19-17-14(16(18)23)8-9-24-17/h3-9,13,21H,2,10-11H2,1H3,(H2,18,23)(H,19,22)/t13-/m1/s1. The van der Waals surface area contributed by atoms with E-state index in [1.165, 1.54) is 11.3 Å². The number of hydrogen-bond acceptors (Lipinski definition) is 5. The first-order chi connectivity index (χ1) is 11.5. The molecule has 0 unspecified atom stereocenters. The zero-order valence-corrected chi connectivity index (χ0v) is 14.3. The van der Waals surface area contributed by atoms with E-state index in [1.54, 1.807) is 16.3 Å². The Bertz CT molecular complexity index is 687. The summed E-state index contributed by atoms with van der Waals surface area (Å²) in [5.41, 5.74) is 6.43. The number of aliphatic hydroxyl groups excluding tert-OH is 1. The summed E-state index contributed by atoms with van der Waals surface area (Å²) in [6, 6.07) is 11.0. The van der Waals surface area contributed by atoms with Crippen molar-refractivity contribution in [2.45, 2.75) is 19.4 Å². The van der Waals surface area contributed by atoms with Crippen molar-refractivity contribution in [1.29, 1.82) is 0 Å². The summed E-state index contributed by atoms with van der Waals surface area (Å²) < 4.78 is 0. The molecule has 1 aromatic heterocycles. The Labute approximate surface area is 144 Å². The van der Waals surface area contributed by atoms with E-state index in [0.29, 0.717) is 23.5 Å². The number of carbonyl (C=O) groups excluding carboxylic acids is 2. The molecule has 0 saturated carbocycles. The highest BCUT2D eigenvalue weighted by atomic mass is 32.1. The number of nitrogens with one attached hydrogen (secondary N) is 1. The maximum atomic E-state index is 12.4. The van der Waals surface area contributed by atoms with Gasteiger partial charge in [0, 0.05) is 12.2 Å². The number of amides is 2. The summed E-state index contributed by atoms with van der Waals surface area (Å²) in [6.45, 7) is 2.30. The first-order valence-corrected chi connectivity index (χ1v) is 8.54. The van der Waals surface area contributed by atoms with Crippen LogP contribution >= 0.6 is 11.3 Å². The summed E-state index contributed by atoms with van der Waals surface area (Å²) in [5, 5.41) is 14.8. The van der Waals surface area contributed by atoms with Gasteiger partial charge in [-0.1, -0.05) is 25.1 Å². The molecule has 0 radical (unpaired) electrons. The van der Waals surface area contributed by atoms with Gasteiger partial charge in [-0.25, -0.2) is 0 Å². The normalized spacial score (nSPS) is 11.8. The largest absolute Gasteiger partial charge is 0.391 e. The maximum absolute atomic E-state index is 12.4. The molecule has 4 N–H and O–H groups in total. The fourth-order valence-corrected chi connectivity index (χ4v) is 3.03. The number of carbonyl (C=O) groups is 2. The molecule has 1 heterocycles. The maximum Gasteiger partial charge on any atom is 0.251 e. The summed E-state index contributed by atoms with van der Waals surface area (Å²) in [5.74, 6) is -0.847. The highest BCUT2D eigenvalue weighted by molar-refractivity contribution is 7.14. The van der Waals surface area contributed by atoms with Crippen LogP contribution in [0.15, 0.2) is 41.8 Å². The summed E-state index contributed by atoms with van der Waals surface area (Å²) in [6.07, 6.45) is 0.0720. The molecule has 6 nitrogen and oxygen atoms in total. The van der Waals surface area contributed by atoms with Gasteiger partial charge in [0.2, 0.25) is 5.91 Å². The minimum absolute atomic E-state index is 0.0666. The molecular weight excluding hydrogens is 326 g/mol. The zero-order chi connectivity index (χ0) is 17.5. The highest BCUT2D eigenvalue weighted by Gasteiger charge is 2.17. The third-order valence-electron chi connectivity index (χ3n) is 3.54. The van der Waals surface area contributed by atoms with Crippen molar-refractivity contribution >= 4 is 33.8 Å². The van der Waals surface area contributed by atoms with Crippen molar-refractivity contribution in [3.63, 3.8) is 0 Å².